The van der Waals surface area contributed by atoms with Crippen molar-refractivity contribution in [2.24, 2.45) is 0 Å². The number of aromatic amines is 1. The van der Waals surface area contributed by atoms with Crippen LogP contribution in [-0.4, -0.2) is 22.0 Å². The highest BCUT2D eigenvalue weighted by molar-refractivity contribution is 7.71. The Morgan fingerprint density at radius 2 is 2.00 bits per heavy atom. The number of benzene rings is 2. The van der Waals surface area contributed by atoms with Gasteiger partial charge in [-0.05, 0) is 24.4 Å². The molecule has 0 saturated heterocycles. The van der Waals surface area contributed by atoms with Gasteiger partial charge in [0.05, 0.1) is 13.7 Å². The topological polar surface area (TPSA) is 64.1 Å². The summed E-state index contributed by atoms with van der Waals surface area (Å²) in [7, 11) is 1.61. The number of hydrogen-bond acceptors (Lipinski definition) is 5. The summed E-state index contributed by atoms with van der Waals surface area (Å²) in [5.41, 5.74) is 5.00. The quantitative estimate of drug-likeness (QED) is 0.612. The molecule has 130 valence electrons. The first-order valence-corrected chi connectivity index (χ1v) is 8.35. The molecule has 2 N–H and O–H groups in total. The normalized spacial score (nSPS) is 10.5. The number of nitrogens with zero attached hydrogens (tertiary/aromatic N) is 2. The minimum Gasteiger partial charge on any atom is -0.493 e. The number of aromatic nitrogens is 3. The molecule has 0 saturated carbocycles. The van der Waals surface area contributed by atoms with Gasteiger partial charge in [0, 0.05) is 16.1 Å². The molecule has 8 heteroatoms. The van der Waals surface area contributed by atoms with Crippen molar-refractivity contribution in [2.75, 3.05) is 12.5 Å². The molecule has 0 aliphatic carbocycles. The van der Waals surface area contributed by atoms with E-state index < -0.39 is 0 Å². The van der Waals surface area contributed by atoms with Crippen molar-refractivity contribution in [1.29, 1.82) is 0 Å². The number of H-pyrrole nitrogens is 1. The van der Waals surface area contributed by atoms with Crippen molar-refractivity contribution >= 4 is 23.8 Å². The molecule has 0 bridgehead atoms. The van der Waals surface area contributed by atoms with Gasteiger partial charge in [0.2, 0.25) is 4.77 Å². The number of hydrogen-bond donors (Lipinski definition) is 2. The Labute approximate surface area is 155 Å². The first kappa shape index (κ1) is 17.3. The summed E-state index contributed by atoms with van der Waals surface area (Å²) in [6.45, 7) is 0.834. The lowest BCUT2D eigenvalue weighted by molar-refractivity contribution is 0.281. The number of para-hydroxylation sites is 1. The minimum absolute atomic E-state index is 0.345. The van der Waals surface area contributed by atoms with E-state index in [2.05, 4.69) is 15.6 Å². The maximum absolute atomic E-state index is 6.20. The van der Waals surface area contributed by atoms with Crippen LogP contribution in [0.15, 0.2) is 48.8 Å². The molecule has 0 radical (unpaired) electrons. The molecule has 0 atom stereocenters. The van der Waals surface area contributed by atoms with Crippen molar-refractivity contribution in [3.63, 3.8) is 0 Å². The van der Waals surface area contributed by atoms with E-state index in [1.54, 1.807) is 18.1 Å². The number of halogens is 1. The van der Waals surface area contributed by atoms with Crippen LogP contribution >= 0.6 is 23.8 Å². The number of ether oxygens (including phenoxy) is 2. The van der Waals surface area contributed by atoms with Gasteiger partial charge in [-0.3, -0.25) is 5.10 Å². The van der Waals surface area contributed by atoms with Crippen molar-refractivity contribution in [3.8, 4) is 11.5 Å². The van der Waals surface area contributed by atoms with E-state index in [9.17, 15) is 0 Å². The number of nitrogens with one attached hydrogen (secondary N) is 2. The molecule has 0 aliphatic heterocycles. The van der Waals surface area contributed by atoms with Gasteiger partial charge >= 0.3 is 0 Å². The lowest BCUT2D eigenvalue weighted by Gasteiger charge is -2.16. The second kappa shape index (κ2) is 8.04. The summed E-state index contributed by atoms with van der Waals surface area (Å²) in [5, 5.41) is 7.23. The van der Waals surface area contributed by atoms with Gasteiger partial charge in [-0.25, -0.2) is 4.68 Å². The van der Waals surface area contributed by atoms with E-state index in [0.29, 0.717) is 34.4 Å². The molecule has 0 spiro atoms. The van der Waals surface area contributed by atoms with E-state index in [0.717, 1.165) is 11.1 Å². The summed E-state index contributed by atoms with van der Waals surface area (Å²) < 4.78 is 13.6. The first-order chi connectivity index (χ1) is 12.2. The van der Waals surface area contributed by atoms with Gasteiger partial charge in [0.25, 0.3) is 0 Å². The fourth-order valence-corrected chi connectivity index (χ4v) is 2.68. The monoisotopic (exact) mass is 376 g/mol. The van der Waals surface area contributed by atoms with Gasteiger partial charge in [0.15, 0.2) is 11.5 Å². The van der Waals surface area contributed by atoms with Crippen LogP contribution in [0.3, 0.4) is 0 Å². The third-order valence-corrected chi connectivity index (χ3v) is 4.26. The Balaban J connectivity index is 1.80. The van der Waals surface area contributed by atoms with Crippen LogP contribution in [0.25, 0.3) is 0 Å². The highest BCUT2D eigenvalue weighted by atomic mass is 35.5. The van der Waals surface area contributed by atoms with Gasteiger partial charge in [-0.2, -0.15) is 5.10 Å². The Hall–Kier alpha value is -2.51. The van der Waals surface area contributed by atoms with Crippen molar-refractivity contribution < 1.29 is 9.47 Å². The molecule has 3 rings (SSSR count). The predicted molar refractivity (Wildman–Crippen MR) is 99.3 cm³/mol. The summed E-state index contributed by atoms with van der Waals surface area (Å²) in [5.74, 6) is 1.31. The minimum atomic E-state index is 0.345. The third-order valence-electron chi connectivity index (χ3n) is 3.60. The molecule has 1 aromatic heterocycles. The van der Waals surface area contributed by atoms with E-state index in [-0.39, 0.29) is 0 Å². The van der Waals surface area contributed by atoms with Crippen LogP contribution in [0.5, 0.6) is 11.5 Å². The Morgan fingerprint density at radius 1 is 1.20 bits per heavy atom. The fraction of sp³-hybridized carbons (Fsp3) is 0.176. The number of rotatable bonds is 7. The second-order valence-electron chi connectivity index (χ2n) is 5.20. The van der Waals surface area contributed by atoms with Crippen molar-refractivity contribution in [1.82, 2.24) is 14.9 Å². The molecule has 6 nitrogen and oxygen atoms in total. The molecule has 3 aromatic rings. The number of methoxy groups -OCH3 is 1. The zero-order valence-electron chi connectivity index (χ0n) is 13.5. The molecule has 0 unspecified atom stereocenters. The summed E-state index contributed by atoms with van der Waals surface area (Å²) in [4.78, 5) is 0. The second-order valence-corrected chi connectivity index (χ2v) is 5.99. The third kappa shape index (κ3) is 4.12. The van der Waals surface area contributed by atoms with Gasteiger partial charge in [-0.15, -0.1) is 0 Å². The highest BCUT2D eigenvalue weighted by Crippen LogP contribution is 2.32. The van der Waals surface area contributed by atoms with Crippen LogP contribution in [0.1, 0.15) is 11.1 Å². The standard InChI is InChI=1S/C17H17ClN4O2S/c1-23-15-8-4-6-12(9-20-22-11-19-21-17(22)25)16(15)24-10-13-5-2-3-7-14(13)18/h2-8,11,20H,9-10H2,1H3,(H,21,25). The zero-order chi connectivity index (χ0) is 17.6. The van der Waals surface area contributed by atoms with Crippen LogP contribution < -0.4 is 14.9 Å². The fourth-order valence-electron chi connectivity index (χ4n) is 2.32. The lowest BCUT2D eigenvalue weighted by Crippen LogP contribution is -2.14. The van der Waals surface area contributed by atoms with E-state index >= 15 is 0 Å². The van der Waals surface area contributed by atoms with E-state index in [1.807, 2.05) is 42.5 Å². The lowest BCUT2D eigenvalue weighted by atomic mass is 10.2. The van der Waals surface area contributed by atoms with Gasteiger partial charge in [-0.1, -0.05) is 41.9 Å². The molecule has 2 aromatic carbocycles. The highest BCUT2D eigenvalue weighted by Gasteiger charge is 2.12. The largest absolute Gasteiger partial charge is 0.493 e. The van der Waals surface area contributed by atoms with Crippen LogP contribution in [0.4, 0.5) is 0 Å². The smallest absolute Gasteiger partial charge is 0.214 e. The van der Waals surface area contributed by atoms with Crippen LogP contribution in [0, 0.1) is 4.77 Å². The summed E-state index contributed by atoms with van der Waals surface area (Å²) in [6.07, 6.45) is 1.58. The molecular formula is C17H17ClN4O2S. The maximum atomic E-state index is 6.20. The summed E-state index contributed by atoms with van der Waals surface area (Å²) >= 11 is 11.3. The van der Waals surface area contributed by atoms with Crippen LogP contribution in [0.2, 0.25) is 5.02 Å². The summed E-state index contributed by atoms with van der Waals surface area (Å²) in [6, 6.07) is 13.3. The molecule has 0 fully saturated rings. The Bertz CT molecular complexity index is 909. The van der Waals surface area contributed by atoms with Crippen LogP contribution in [-0.2, 0) is 13.2 Å². The molecule has 0 amide bonds. The SMILES string of the molecule is COc1cccc(CNn2cn[nH]c2=S)c1OCc1ccccc1Cl. The molecule has 25 heavy (non-hydrogen) atoms. The van der Waals surface area contributed by atoms with Gasteiger partial charge < -0.3 is 14.9 Å². The average Bonchev–Trinajstić information content (AvgIpc) is 3.04. The van der Waals surface area contributed by atoms with E-state index in [4.69, 9.17) is 33.3 Å². The van der Waals surface area contributed by atoms with E-state index in [1.165, 1.54) is 0 Å². The maximum Gasteiger partial charge on any atom is 0.214 e. The Kier molecular flexibility index (Phi) is 5.57. The molecule has 1 heterocycles. The average molecular weight is 377 g/mol. The first-order valence-electron chi connectivity index (χ1n) is 7.57. The van der Waals surface area contributed by atoms with Crippen molar-refractivity contribution in [2.45, 2.75) is 13.2 Å². The molecule has 0 aliphatic rings. The van der Waals surface area contributed by atoms with Crippen molar-refractivity contribution in [3.05, 3.63) is 69.7 Å². The predicted octanol–water partition coefficient (Wildman–Crippen LogP) is 3.93. The molecular weight excluding hydrogens is 360 g/mol. The Morgan fingerprint density at radius 3 is 2.72 bits per heavy atom. The van der Waals surface area contributed by atoms with Gasteiger partial charge in [0.1, 0.15) is 12.9 Å². The zero-order valence-corrected chi connectivity index (χ0v) is 15.1.